The molecule has 2 aromatic carbocycles. The minimum atomic E-state index is -0.0408. The zero-order valence-corrected chi connectivity index (χ0v) is 18.1. The Labute approximate surface area is 185 Å². The Morgan fingerprint density at radius 3 is 2.65 bits per heavy atom. The summed E-state index contributed by atoms with van der Waals surface area (Å²) >= 11 is 1.64. The molecule has 156 valence electrons. The molecule has 2 aromatic heterocycles. The highest BCUT2D eigenvalue weighted by atomic mass is 32.1. The van der Waals surface area contributed by atoms with Crippen molar-refractivity contribution in [2.75, 3.05) is 13.7 Å². The first-order valence-electron chi connectivity index (χ1n) is 10.4. The van der Waals surface area contributed by atoms with E-state index < -0.39 is 0 Å². The first kappa shape index (κ1) is 19.6. The maximum atomic E-state index is 13.6. The van der Waals surface area contributed by atoms with Crippen LogP contribution in [0.15, 0.2) is 78.2 Å². The molecule has 31 heavy (non-hydrogen) atoms. The highest BCUT2D eigenvalue weighted by Gasteiger charge is 2.34. The van der Waals surface area contributed by atoms with Crippen LogP contribution in [0.2, 0.25) is 0 Å². The first-order valence-corrected chi connectivity index (χ1v) is 11.3. The Hall–Kier alpha value is -3.38. The number of nitrogens with zero attached hydrogens (tertiary/aromatic N) is 3. The zero-order valence-electron chi connectivity index (χ0n) is 17.3. The lowest BCUT2D eigenvalue weighted by molar-refractivity contribution is 0.0727. The molecule has 5 rings (SSSR count). The summed E-state index contributed by atoms with van der Waals surface area (Å²) in [5.41, 5.74) is 3.39. The number of carbonyl (C=O) groups excluding carboxylic acids is 1. The van der Waals surface area contributed by atoms with Gasteiger partial charge in [0.05, 0.1) is 29.4 Å². The Morgan fingerprint density at radius 1 is 1.06 bits per heavy atom. The summed E-state index contributed by atoms with van der Waals surface area (Å²) in [6.45, 7) is 0.716. The van der Waals surface area contributed by atoms with E-state index in [1.165, 1.54) is 0 Å². The van der Waals surface area contributed by atoms with Crippen LogP contribution in [-0.2, 0) is 0 Å². The van der Waals surface area contributed by atoms with Crippen molar-refractivity contribution in [2.24, 2.45) is 0 Å². The van der Waals surface area contributed by atoms with Crippen molar-refractivity contribution in [1.82, 2.24) is 14.7 Å². The number of rotatable bonds is 5. The molecule has 0 bridgehead atoms. The summed E-state index contributed by atoms with van der Waals surface area (Å²) in [5.74, 6) is 0.780. The molecule has 3 heterocycles. The van der Waals surface area contributed by atoms with Crippen LogP contribution in [0, 0.1) is 0 Å². The number of hydrogen-bond donors (Lipinski definition) is 0. The first-order chi connectivity index (χ1) is 15.3. The van der Waals surface area contributed by atoms with Gasteiger partial charge in [0.15, 0.2) is 5.69 Å². The maximum absolute atomic E-state index is 13.6. The van der Waals surface area contributed by atoms with Gasteiger partial charge in [-0.25, -0.2) is 4.68 Å². The third-order valence-electron chi connectivity index (χ3n) is 5.71. The largest absolute Gasteiger partial charge is 0.496 e. The van der Waals surface area contributed by atoms with Gasteiger partial charge >= 0.3 is 0 Å². The van der Waals surface area contributed by atoms with E-state index >= 15 is 0 Å². The standard InChI is InChI=1S/C25H23N3O2S/c1-30-23-13-6-5-11-19(23)21-12-7-15-27(21)25(29)20-17-22(24-14-8-16-31-24)28(26-20)18-9-3-2-4-10-18/h2-6,8-11,13-14,16-17,21H,7,12,15H2,1H3. The predicted octanol–water partition coefficient (Wildman–Crippen LogP) is 5.59. The van der Waals surface area contributed by atoms with Crippen LogP contribution in [0.3, 0.4) is 0 Å². The van der Waals surface area contributed by atoms with Gasteiger partial charge in [0.2, 0.25) is 0 Å². The Morgan fingerprint density at radius 2 is 1.87 bits per heavy atom. The van der Waals surface area contributed by atoms with Crippen molar-refractivity contribution in [1.29, 1.82) is 0 Å². The van der Waals surface area contributed by atoms with Crippen molar-refractivity contribution in [3.8, 4) is 22.0 Å². The van der Waals surface area contributed by atoms with Gasteiger partial charge in [-0.2, -0.15) is 5.10 Å². The van der Waals surface area contributed by atoms with Gasteiger partial charge in [-0.05, 0) is 48.6 Å². The fourth-order valence-electron chi connectivity index (χ4n) is 4.27. The third kappa shape index (κ3) is 3.64. The molecule has 1 atom stereocenters. The predicted molar refractivity (Wildman–Crippen MR) is 123 cm³/mol. The summed E-state index contributed by atoms with van der Waals surface area (Å²) < 4.78 is 7.43. The van der Waals surface area contributed by atoms with Gasteiger partial charge in [-0.3, -0.25) is 4.79 Å². The molecule has 1 aliphatic heterocycles. The monoisotopic (exact) mass is 429 g/mol. The second-order valence-electron chi connectivity index (χ2n) is 7.54. The summed E-state index contributed by atoms with van der Waals surface area (Å²) in [4.78, 5) is 16.6. The van der Waals surface area contributed by atoms with E-state index in [-0.39, 0.29) is 11.9 Å². The van der Waals surface area contributed by atoms with Gasteiger partial charge in [-0.1, -0.05) is 42.5 Å². The number of amides is 1. The second-order valence-corrected chi connectivity index (χ2v) is 8.49. The van der Waals surface area contributed by atoms with E-state index in [4.69, 9.17) is 9.84 Å². The van der Waals surface area contributed by atoms with Crippen molar-refractivity contribution in [3.63, 3.8) is 0 Å². The van der Waals surface area contributed by atoms with Gasteiger partial charge in [0, 0.05) is 12.1 Å². The molecule has 1 unspecified atom stereocenters. The Kier molecular flexibility index (Phi) is 5.30. The van der Waals surface area contributed by atoms with Gasteiger partial charge < -0.3 is 9.64 Å². The van der Waals surface area contributed by atoms with Crippen LogP contribution in [-0.4, -0.2) is 34.2 Å². The molecule has 1 aliphatic rings. The van der Waals surface area contributed by atoms with E-state index in [9.17, 15) is 4.79 Å². The third-order valence-corrected chi connectivity index (χ3v) is 6.61. The number of para-hydroxylation sites is 2. The van der Waals surface area contributed by atoms with Crippen molar-refractivity contribution in [2.45, 2.75) is 18.9 Å². The molecule has 0 aliphatic carbocycles. The molecule has 0 radical (unpaired) electrons. The number of ether oxygens (including phenoxy) is 1. The van der Waals surface area contributed by atoms with Crippen LogP contribution in [0.5, 0.6) is 5.75 Å². The van der Waals surface area contributed by atoms with Crippen molar-refractivity contribution < 1.29 is 9.53 Å². The highest BCUT2D eigenvalue weighted by molar-refractivity contribution is 7.13. The average Bonchev–Trinajstić information content (AvgIpc) is 3.59. The molecule has 1 fully saturated rings. The van der Waals surface area contributed by atoms with E-state index in [2.05, 4.69) is 12.1 Å². The van der Waals surface area contributed by atoms with E-state index in [0.717, 1.165) is 40.4 Å². The molecule has 6 heteroatoms. The molecule has 4 aromatic rings. The fourth-order valence-corrected chi connectivity index (χ4v) is 5.00. The minimum absolute atomic E-state index is 0.00397. The smallest absolute Gasteiger partial charge is 0.274 e. The minimum Gasteiger partial charge on any atom is -0.496 e. The van der Waals surface area contributed by atoms with E-state index in [1.54, 1.807) is 18.4 Å². The molecule has 5 nitrogen and oxygen atoms in total. The summed E-state index contributed by atoms with van der Waals surface area (Å²) in [6, 6.07) is 23.9. The van der Waals surface area contributed by atoms with Crippen LogP contribution in [0.4, 0.5) is 0 Å². The normalized spacial score (nSPS) is 15.9. The van der Waals surface area contributed by atoms with Crippen LogP contribution in [0.25, 0.3) is 16.3 Å². The SMILES string of the molecule is COc1ccccc1C1CCCN1C(=O)c1cc(-c2cccs2)n(-c2ccccc2)n1. The van der Waals surface area contributed by atoms with Crippen LogP contribution >= 0.6 is 11.3 Å². The number of carbonyl (C=O) groups is 1. The number of methoxy groups -OCH3 is 1. The lowest BCUT2D eigenvalue weighted by Gasteiger charge is -2.25. The second kappa shape index (κ2) is 8.40. The number of aromatic nitrogens is 2. The topological polar surface area (TPSA) is 47.4 Å². The summed E-state index contributed by atoms with van der Waals surface area (Å²) in [6.07, 6.45) is 1.88. The number of likely N-dealkylation sites (tertiary alicyclic amines) is 1. The number of benzene rings is 2. The fraction of sp³-hybridized carbons (Fsp3) is 0.200. The van der Waals surface area contributed by atoms with Crippen LogP contribution in [0.1, 0.15) is 34.9 Å². The van der Waals surface area contributed by atoms with Crippen LogP contribution < -0.4 is 4.74 Å². The van der Waals surface area contributed by atoms with Gasteiger partial charge in [0.25, 0.3) is 5.91 Å². The summed E-state index contributed by atoms with van der Waals surface area (Å²) in [5, 5.41) is 6.79. The van der Waals surface area contributed by atoms with Gasteiger partial charge in [0.1, 0.15) is 5.75 Å². The zero-order chi connectivity index (χ0) is 21.2. The Bertz CT molecular complexity index is 1180. The molecule has 0 spiro atoms. The molecule has 1 amide bonds. The molecule has 0 saturated carbocycles. The maximum Gasteiger partial charge on any atom is 0.274 e. The molecule has 1 saturated heterocycles. The quantitative estimate of drug-likeness (QED) is 0.416. The number of hydrogen-bond acceptors (Lipinski definition) is 4. The lowest BCUT2D eigenvalue weighted by Crippen LogP contribution is -2.31. The summed E-state index contributed by atoms with van der Waals surface area (Å²) in [7, 11) is 1.68. The number of thiophene rings is 1. The van der Waals surface area contributed by atoms with E-state index in [0.29, 0.717) is 12.2 Å². The highest BCUT2D eigenvalue weighted by Crippen LogP contribution is 2.38. The Balaban J connectivity index is 1.53. The van der Waals surface area contributed by atoms with E-state index in [1.807, 2.05) is 75.6 Å². The average molecular weight is 430 g/mol. The molecule has 0 N–H and O–H groups in total. The van der Waals surface area contributed by atoms with Gasteiger partial charge in [-0.15, -0.1) is 11.3 Å². The molecular weight excluding hydrogens is 406 g/mol. The van der Waals surface area contributed by atoms with Crippen molar-refractivity contribution in [3.05, 3.63) is 89.4 Å². The van der Waals surface area contributed by atoms with Crippen molar-refractivity contribution >= 4 is 17.2 Å². The molecular formula is C25H23N3O2S. The lowest BCUT2D eigenvalue weighted by atomic mass is 10.0.